The van der Waals surface area contributed by atoms with Gasteiger partial charge in [-0.05, 0) is 30.9 Å². The average Bonchev–Trinajstić information content (AvgIpc) is 2.45. The Bertz CT molecular complexity index is 614. The first-order valence-corrected chi connectivity index (χ1v) is 8.80. The van der Waals surface area contributed by atoms with Crippen molar-refractivity contribution in [2.24, 2.45) is 5.92 Å². The second-order valence-electron chi connectivity index (χ2n) is 5.08. The zero-order valence-electron chi connectivity index (χ0n) is 11.7. The molecule has 1 aromatic carbocycles. The number of nitrogens with two attached hydrogens (primary N) is 1. The van der Waals surface area contributed by atoms with E-state index in [4.69, 9.17) is 33.7 Å². The van der Waals surface area contributed by atoms with Crippen molar-refractivity contribution in [1.29, 1.82) is 0 Å². The fourth-order valence-corrected chi connectivity index (χ4v) is 4.65. The van der Waals surface area contributed by atoms with Crippen molar-refractivity contribution in [1.82, 2.24) is 4.31 Å². The van der Waals surface area contributed by atoms with E-state index in [2.05, 4.69) is 0 Å². The number of anilines is 1. The highest BCUT2D eigenvalue weighted by molar-refractivity contribution is 7.89. The van der Waals surface area contributed by atoms with Gasteiger partial charge < -0.3 is 10.5 Å². The number of rotatable bonds is 4. The molecule has 1 aromatic rings. The second-order valence-corrected chi connectivity index (χ2v) is 7.77. The number of hydrogen-bond acceptors (Lipinski definition) is 4. The molecule has 1 aliphatic heterocycles. The van der Waals surface area contributed by atoms with E-state index in [0.717, 1.165) is 12.8 Å². The number of hydrogen-bond donors (Lipinski definition) is 1. The molecule has 5 nitrogen and oxygen atoms in total. The van der Waals surface area contributed by atoms with E-state index in [9.17, 15) is 8.42 Å². The predicted molar refractivity (Wildman–Crippen MR) is 84.2 cm³/mol. The SMILES string of the molecule is COCC1CCN(S(=O)(=O)c2ccc(Cl)c(N)c2Cl)CC1. The molecule has 1 saturated heterocycles. The van der Waals surface area contributed by atoms with Crippen LogP contribution < -0.4 is 5.73 Å². The number of piperidine rings is 1. The summed E-state index contributed by atoms with van der Waals surface area (Å²) < 4.78 is 31.8. The third-order valence-electron chi connectivity index (χ3n) is 3.68. The summed E-state index contributed by atoms with van der Waals surface area (Å²) in [4.78, 5) is 0.0104. The number of methoxy groups -OCH3 is 1. The van der Waals surface area contributed by atoms with Crippen LogP contribution in [0.15, 0.2) is 17.0 Å². The summed E-state index contributed by atoms with van der Waals surface area (Å²) in [5, 5.41) is 0.235. The molecule has 0 unspecified atom stereocenters. The molecule has 0 aliphatic carbocycles. The maximum Gasteiger partial charge on any atom is 0.244 e. The minimum Gasteiger partial charge on any atom is -0.396 e. The Hall–Kier alpha value is -0.530. The monoisotopic (exact) mass is 352 g/mol. The van der Waals surface area contributed by atoms with Gasteiger partial charge in [-0.3, -0.25) is 0 Å². The minimum absolute atomic E-state index is 0.0104. The molecular formula is C13H18Cl2N2O3S. The van der Waals surface area contributed by atoms with Gasteiger partial charge in [0.25, 0.3) is 0 Å². The lowest BCUT2D eigenvalue weighted by atomic mass is 9.99. The van der Waals surface area contributed by atoms with Gasteiger partial charge in [0, 0.05) is 26.8 Å². The van der Waals surface area contributed by atoms with Gasteiger partial charge in [-0.25, -0.2) is 8.42 Å². The van der Waals surface area contributed by atoms with Crippen LogP contribution in [0, 0.1) is 5.92 Å². The Labute approximate surface area is 135 Å². The number of sulfonamides is 1. The number of nitrogens with zero attached hydrogens (tertiary/aromatic N) is 1. The molecule has 0 spiro atoms. The van der Waals surface area contributed by atoms with E-state index < -0.39 is 10.0 Å². The molecule has 21 heavy (non-hydrogen) atoms. The molecule has 1 heterocycles. The topological polar surface area (TPSA) is 72.6 Å². The first kappa shape index (κ1) is 16.8. The van der Waals surface area contributed by atoms with Gasteiger partial charge in [0.05, 0.1) is 15.7 Å². The van der Waals surface area contributed by atoms with Crippen LogP contribution in [-0.2, 0) is 14.8 Å². The lowest BCUT2D eigenvalue weighted by Crippen LogP contribution is -2.39. The average molecular weight is 353 g/mol. The summed E-state index contributed by atoms with van der Waals surface area (Å²) in [7, 11) is -2.00. The Morgan fingerprint density at radius 1 is 1.33 bits per heavy atom. The van der Waals surface area contributed by atoms with Crippen molar-refractivity contribution in [3.05, 3.63) is 22.2 Å². The highest BCUT2D eigenvalue weighted by Gasteiger charge is 2.31. The van der Waals surface area contributed by atoms with E-state index in [-0.39, 0.29) is 20.6 Å². The quantitative estimate of drug-likeness (QED) is 0.845. The van der Waals surface area contributed by atoms with Crippen molar-refractivity contribution < 1.29 is 13.2 Å². The first-order chi connectivity index (χ1) is 9.87. The molecule has 0 bridgehead atoms. The molecule has 118 valence electrons. The summed E-state index contributed by atoms with van der Waals surface area (Å²) >= 11 is 11.9. The molecule has 0 aromatic heterocycles. The van der Waals surface area contributed by atoms with Crippen molar-refractivity contribution in [3.8, 4) is 0 Å². The van der Waals surface area contributed by atoms with Crippen LogP contribution in [0.1, 0.15) is 12.8 Å². The van der Waals surface area contributed by atoms with E-state index >= 15 is 0 Å². The van der Waals surface area contributed by atoms with Gasteiger partial charge in [0.1, 0.15) is 4.90 Å². The van der Waals surface area contributed by atoms with Crippen molar-refractivity contribution >= 4 is 38.9 Å². The number of ether oxygens (including phenoxy) is 1. The molecule has 0 radical (unpaired) electrons. The van der Waals surface area contributed by atoms with Crippen LogP contribution >= 0.6 is 23.2 Å². The standard InChI is InChI=1S/C13H18Cl2N2O3S/c1-20-8-9-4-6-17(7-5-9)21(18,19)11-3-2-10(14)13(16)12(11)15/h2-3,9H,4-8,16H2,1H3. The molecule has 8 heteroatoms. The van der Waals surface area contributed by atoms with Crippen LogP contribution in [0.2, 0.25) is 10.0 Å². The highest BCUT2D eigenvalue weighted by atomic mass is 35.5. The van der Waals surface area contributed by atoms with E-state index in [1.54, 1.807) is 7.11 Å². The highest BCUT2D eigenvalue weighted by Crippen LogP contribution is 2.35. The zero-order valence-corrected chi connectivity index (χ0v) is 14.0. The van der Waals surface area contributed by atoms with Crippen LogP contribution in [0.5, 0.6) is 0 Å². The fourth-order valence-electron chi connectivity index (χ4n) is 2.44. The van der Waals surface area contributed by atoms with Crippen molar-refractivity contribution in [2.75, 3.05) is 32.5 Å². The Morgan fingerprint density at radius 2 is 1.95 bits per heavy atom. The van der Waals surface area contributed by atoms with Gasteiger partial charge in [0.2, 0.25) is 10.0 Å². The number of halogens is 2. The van der Waals surface area contributed by atoms with Crippen molar-refractivity contribution in [2.45, 2.75) is 17.7 Å². The maximum absolute atomic E-state index is 12.6. The van der Waals surface area contributed by atoms with Gasteiger partial charge in [-0.2, -0.15) is 4.31 Å². The molecular weight excluding hydrogens is 335 g/mol. The van der Waals surface area contributed by atoms with Gasteiger partial charge in [0.15, 0.2) is 0 Å². The summed E-state index contributed by atoms with van der Waals surface area (Å²) in [5.41, 5.74) is 5.80. The first-order valence-electron chi connectivity index (χ1n) is 6.60. The Morgan fingerprint density at radius 3 is 2.52 bits per heavy atom. The fraction of sp³-hybridized carbons (Fsp3) is 0.538. The summed E-state index contributed by atoms with van der Waals surface area (Å²) in [6.45, 7) is 1.56. The predicted octanol–water partition coefficient (Wildman–Crippen LogP) is 2.62. The normalized spacial score (nSPS) is 18.0. The molecule has 2 rings (SSSR count). The Balaban J connectivity index is 2.22. The lowest BCUT2D eigenvalue weighted by molar-refractivity contribution is 0.121. The van der Waals surface area contributed by atoms with Crippen LogP contribution in [-0.4, -0.2) is 39.5 Å². The lowest BCUT2D eigenvalue weighted by Gasteiger charge is -2.31. The van der Waals surface area contributed by atoms with E-state index in [1.807, 2.05) is 0 Å². The smallest absolute Gasteiger partial charge is 0.244 e. The third kappa shape index (κ3) is 3.46. The van der Waals surface area contributed by atoms with Crippen molar-refractivity contribution in [3.63, 3.8) is 0 Å². The summed E-state index contributed by atoms with van der Waals surface area (Å²) in [6, 6.07) is 2.85. The third-order valence-corrected chi connectivity index (χ3v) is 6.47. The maximum atomic E-state index is 12.6. The van der Waals surface area contributed by atoms with Gasteiger partial charge in [-0.15, -0.1) is 0 Å². The van der Waals surface area contributed by atoms with Gasteiger partial charge >= 0.3 is 0 Å². The molecule has 0 saturated carbocycles. The van der Waals surface area contributed by atoms with Crippen LogP contribution in [0.25, 0.3) is 0 Å². The number of benzene rings is 1. The molecule has 0 amide bonds. The Kier molecular flexibility index (Phi) is 5.38. The molecule has 0 atom stereocenters. The van der Waals surface area contributed by atoms with Gasteiger partial charge in [-0.1, -0.05) is 23.2 Å². The summed E-state index contributed by atoms with van der Waals surface area (Å²) in [5.74, 6) is 0.396. The number of nitrogen functional groups attached to an aromatic ring is 1. The zero-order chi connectivity index (χ0) is 15.6. The van der Waals surface area contributed by atoms with Crippen LogP contribution in [0.4, 0.5) is 5.69 Å². The minimum atomic E-state index is -3.65. The van der Waals surface area contributed by atoms with E-state index in [0.29, 0.717) is 25.6 Å². The largest absolute Gasteiger partial charge is 0.396 e. The summed E-state index contributed by atoms with van der Waals surface area (Å²) in [6.07, 6.45) is 1.54. The molecule has 2 N–H and O–H groups in total. The second kappa shape index (κ2) is 6.71. The van der Waals surface area contributed by atoms with E-state index in [1.165, 1.54) is 16.4 Å². The molecule has 1 fully saturated rings. The van der Waals surface area contributed by atoms with Crippen LogP contribution in [0.3, 0.4) is 0 Å². The molecule has 1 aliphatic rings.